The Hall–Kier alpha value is 0.350. The zero-order chi connectivity index (χ0) is 6.95. The summed E-state index contributed by atoms with van der Waals surface area (Å²) in [6, 6.07) is 0. The van der Waals surface area contributed by atoms with Crippen LogP contribution in [-0.4, -0.2) is 12.0 Å². The van der Waals surface area contributed by atoms with Crippen molar-refractivity contribution >= 4 is 11.8 Å². The minimum atomic E-state index is 1.35. The van der Waals surface area contributed by atoms with E-state index in [9.17, 15) is 0 Å². The van der Waals surface area contributed by atoms with Crippen LogP contribution >= 0.6 is 11.8 Å². The summed E-state index contributed by atoms with van der Waals surface area (Å²) in [5, 5.41) is 0. The molecule has 0 rings (SSSR count). The Morgan fingerprint density at radius 1 is 1.00 bits per heavy atom. The summed E-state index contributed by atoms with van der Waals surface area (Å²) in [4.78, 5) is 0. The first-order valence-corrected chi connectivity index (χ1v) is 5.30. The van der Waals surface area contributed by atoms with Gasteiger partial charge in [0.05, 0.1) is 0 Å². The number of hydrogen-bond donors (Lipinski definition) is 0. The second-order valence-electron chi connectivity index (χ2n) is 2.41. The van der Waals surface area contributed by atoms with Crippen molar-refractivity contribution in [3.05, 3.63) is 0 Å². The number of unbranched alkanes of at least 4 members (excludes halogenated alkanes) is 4. The third-order valence-electron chi connectivity index (χ3n) is 1.45. The van der Waals surface area contributed by atoms with Gasteiger partial charge in [-0.15, -0.1) is 0 Å². The van der Waals surface area contributed by atoms with E-state index < -0.39 is 0 Å². The van der Waals surface area contributed by atoms with Gasteiger partial charge >= 0.3 is 0 Å². The lowest BCUT2D eigenvalue weighted by atomic mass is 10.2. The Balaban J connectivity index is 2.60. The van der Waals surface area contributed by atoms with Crippen molar-refractivity contribution in [3.63, 3.8) is 0 Å². The fourth-order valence-corrected chi connectivity index (χ4v) is 1.34. The van der Waals surface area contributed by atoms with Crippen LogP contribution in [0.3, 0.4) is 0 Å². The van der Waals surface area contributed by atoms with E-state index in [0.29, 0.717) is 0 Å². The molecule has 0 aliphatic heterocycles. The van der Waals surface area contributed by atoms with Crippen LogP contribution in [0.25, 0.3) is 0 Å². The van der Waals surface area contributed by atoms with Crippen molar-refractivity contribution in [1.29, 1.82) is 0 Å². The average Bonchev–Trinajstić information content (AvgIpc) is 1.89. The molecule has 0 fully saturated rings. The van der Waals surface area contributed by atoms with Crippen LogP contribution in [0.2, 0.25) is 0 Å². The monoisotopic (exact) mass is 146 g/mol. The van der Waals surface area contributed by atoms with Crippen LogP contribution in [0.5, 0.6) is 0 Å². The topological polar surface area (TPSA) is 0 Å². The summed E-state index contributed by atoms with van der Waals surface area (Å²) in [6.07, 6.45) is 9.26. The summed E-state index contributed by atoms with van der Waals surface area (Å²) >= 11 is 1.96. The van der Waals surface area contributed by atoms with Gasteiger partial charge in [-0.25, -0.2) is 0 Å². The first kappa shape index (κ1) is 9.35. The summed E-state index contributed by atoms with van der Waals surface area (Å²) in [5.41, 5.74) is 0. The molecule has 0 aromatic carbocycles. The molecule has 0 N–H and O–H groups in total. The Morgan fingerprint density at radius 3 is 2.22 bits per heavy atom. The van der Waals surface area contributed by atoms with Crippen LogP contribution in [0, 0.1) is 0 Å². The Kier molecular flexibility index (Phi) is 8.67. The van der Waals surface area contributed by atoms with Crippen LogP contribution in [0.15, 0.2) is 0 Å². The first-order valence-electron chi connectivity index (χ1n) is 3.90. The molecule has 0 aromatic rings. The maximum absolute atomic E-state index is 2.26. The van der Waals surface area contributed by atoms with E-state index in [4.69, 9.17) is 0 Å². The summed E-state index contributed by atoms with van der Waals surface area (Å²) in [6.45, 7) is 2.26. The first-order chi connectivity index (χ1) is 4.41. The predicted octanol–water partition coefficient (Wildman–Crippen LogP) is 3.32. The standard InChI is InChI=1S/C8H18S/c1-3-4-5-6-7-8-9-2/h3-8H2,1-2H3. The molecule has 9 heavy (non-hydrogen) atoms. The highest BCUT2D eigenvalue weighted by Crippen LogP contribution is 2.05. The van der Waals surface area contributed by atoms with Gasteiger partial charge in [-0.3, -0.25) is 0 Å². The number of hydrogen-bond acceptors (Lipinski definition) is 1. The maximum Gasteiger partial charge on any atom is -0.00703 e. The second-order valence-corrected chi connectivity index (χ2v) is 3.39. The lowest BCUT2D eigenvalue weighted by Gasteiger charge is -1.95. The Labute approximate surface area is 63.4 Å². The van der Waals surface area contributed by atoms with Gasteiger partial charge < -0.3 is 0 Å². The van der Waals surface area contributed by atoms with Crippen LogP contribution in [-0.2, 0) is 0 Å². The minimum absolute atomic E-state index is 1.35. The molecule has 0 saturated heterocycles. The Morgan fingerprint density at radius 2 is 1.67 bits per heavy atom. The summed E-state index contributed by atoms with van der Waals surface area (Å²) in [5.74, 6) is 1.35. The van der Waals surface area contributed by atoms with Gasteiger partial charge in [-0.1, -0.05) is 32.6 Å². The number of rotatable bonds is 6. The van der Waals surface area contributed by atoms with Gasteiger partial charge in [-0.05, 0) is 18.4 Å². The second kappa shape index (κ2) is 8.35. The minimum Gasteiger partial charge on any atom is -0.165 e. The third kappa shape index (κ3) is 8.35. The van der Waals surface area contributed by atoms with E-state index >= 15 is 0 Å². The molecule has 56 valence electrons. The average molecular weight is 146 g/mol. The predicted molar refractivity (Wildman–Crippen MR) is 47.1 cm³/mol. The fraction of sp³-hybridized carbons (Fsp3) is 1.00. The molecule has 0 amide bonds. The molecular formula is C8H18S. The molecule has 0 radical (unpaired) electrons. The fourth-order valence-electron chi connectivity index (χ4n) is 0.850. The van der Waals surface area contributed by atoms with Crippen molar-refractivity contribution in [2.45, 2.75) is 39.0 Å². The van der Waals surface area contributed by atoms with E-state index in [1.807, 2.05) is 11.8 Å². The highest BCUT2D eigenvalue weighted by Gasteiger charge is 1.85. The van der Waals surface area contributed by atoms with Gasteiger partial charge in [0.25, 0.3) is 0 Å². The normalized spacial score (nSPS) is 10.0. The Bertz CT molecular complexity index is 37.8. The molecule has 0 nitrogen and oxygen atoms in total. The van der Waals surface area contributed by atoms with Gasteiger partial charge in [-0.2, -0.15) is 11.8 Å². The van der Waals surface area contributed by atoms with Crippen molar-refractivity contribution in [2.75, 3.05) is 12.0 Å². The van der Waals surface area contributed by atoms with Crippen molar-refractivity contribution < 1.29 is 0 Å². The molecule has 0 heterocycles. The maximum atomic E-state index is 2.26. The zero-order valence-corrected chi connectivity index (χ0v) is 7.47. The lowest BCUT2D eigenvalue weighted by molar-refractivity contribution is 0.659. The van der Waals surface area contributed by atoms with Crippen molar-refractivity contribution in [3.8, 4) is 0 Å². The highest BCUT2D eigenvalue weighted by molar-refractivity contribution is 7.98. The van der Waals surface area contributed by atoms with Gasteiger partial charge in [0.15, 0.2) is 0 Å². The molecule has 0 atom stereocenters. The van der Waals surface area contributed by atoms with E-state index in [0.717, 1.165) is 0 Å². The van der Waals surface area contributed by atoms with Gasteiger partial charge in [0, 0.05) is 0 Å². The number of thioether (sulfide) groups is 1. The summed E-state index contributed by atoms with van der Waals surface area (Å²) in [7, 11) is 0. The molecule has 0 saturated carbocycles. The molecule has 0 bridgehead atoms. The van der Waals surface area contributed by atoms with Crippen LogP contribution in [0.1, 0.15) is 39.0 Å². The van der Waals surface area contributed by atoms with E-state index in [-0.39, 0.29) is 0 Å². The van der Waals surface area contributed by atoms with Crippen LogP contribution < -0.4 is 0 Å². The smallest absolute Gasteiger partial charge is 0.00703 e. The van der Waals surface area contributed by atoms with Gasteiger partial charge in [0.2, 0.25) is 0 Å². The largest absolute Gasteiger partial charge is 0.165 e. The van der Waals surface area contributed by atoms with Crippen LogP contribution in [0.4, 0.5) is 0 Å². The SMILES string of the molecule is CCCCCCCSC. The van der Waals surface area contributed by atoms with Crippen molar-refractivity contribution in [1.82, 2.24) is 0 Å². The zero-order valence-electron chi connectivity index (χ0n) is 6.65. The lowest BCUT2D eigenvalue weighted by Crippen LogP contribution is -1.79. The molecule has 1 heteroatoms. The quantitative estimate of drug-likeness (QED) is 0.518. The summed E-state index contributed by atoms with van der Waals surface area (Å²) < 4.78 is 0. The molecule has 0 aliphatic rings. The van der Waals surface area contributed by atoms with E-state index in [1.165, 1.54) is 37.9 Å². The molecule has 0 unspecified atom stereocenters. The highest BCUT2D eigenvalue weighted by atomic mass is 32.2. The van der Waals surface area contributed by atoms with E-state index in [1.54, 1.807) is 0 Å². The van der Waals surface area contributed by atoms with Gasteiger partial charge in [0.1, 0.15) is 0 Å². The third-order valence-corrected chi connectivity index (χ3v) is 2.15. The van der Waals surface area contributed by atoms with Crippen molar-refractivity contribution in [2.24, 2.45) is 0 Å². The van der Waals surface area contributed by atoms with E-state index in [2.05, 4.69) is 13.2 Å². The molecule has 0 spiro atoms. The molecular weight excluding hydrogens is 128 g/mol. The molecule has 0 aromatic heterocycles. The molecule has 0 aliphatic carbocycles.